The molecule has 0 radical (unpaired) electrons. The molecule has 0 aromatic heterocycles. The lowest BCUT2D eigenvalue weighted by atomic mass is 9.69. The highest BCUT2D eigenvalue weighted by atomic mass is 16.5. The van der Waals surface area contributed by atoms with Gasteiger partial charge in [0.05, 0.1) is 12.6 Å². The molecule has 2 N–H and O–H groups in total. The molecule has 25 heavy (non-hydrogen) atoms. The molecule has 0 saturated heterocycles. The second kappa shape index (κ2) is 6.72. The molecule has 0 amide bonds. The van der Waals surface area contributed by atoms with Crippen molar-refractivity contribution in [3.63, 3.8) is 0 Å². The van der Waals surface area contributed by atoms with Crippen LogP contribution in [0.1, 0.15) is 42.4 Å². The number of phenolic OH excluding ortho intramolecular Hbond substituents is 1. The fourth-order valence-electron chi connectivity index (χ4n) is 4.88. The maximum Gasteiger partial charge on any atom is 0.119 e. The second-order valence-electron chi connectivity index (χ2n) is 7.50. The highest BCUT2D eigenvalue weighted by Gasteiger charge is 2.44. The third kappa shape index (κ3) is 3.02. The summed E-state index contributed by atoms with van der Waals surface area (Å²) >= 11 is 0. The average molecular weight is 337 g/mol. The van der Waals surface area contributed by atoms with E-state index in [4.69, 9.17) is 4.74 Å². The molecule has 1 saturated carbocycles. The molecule has 1 aliphatic heterocycles. The van der Waals surface area contributed by atoms with Gasteiger partial charge in [-0.15, -0.1) is 0 Å². The van der Waals surface area contributed by atoms with E-state index in [0.29, 0.717) is 11.7 Å². The van der Waals surface area contributed by atoms with Crippen LogP contribution in [0.5, 0.6) is 11.5 Å². The summed E-state index contributed by atoms with van der Waals surface area (Å²) < 4.78 is 5.46. The Labute approximate surface area is 150 Å². The van der Waals surface area contributed by atoms with Crippen molar-refractivity contribution < 1.29 is 9.84 Å². The van der Waals surface area contributed by atoms with Gasteiger partial charge in [0.2, 0.25) is 0 Å². The Bertz CT molecular complexity index is 734. The van der Waals surface area contributed by atoms with E-state index in [1.807, 2.05) is 0 Å². The zero-order valence-corrected chi connectivity index (χ0v) is 14.9. The van der Waals surface area contributed by atoms with Crippen molar-refractivity contribution in [3.8, 4) is 11.5 Å². The van der Waals surface area contributed by atoms with E-state index >= 15 is 0 Å². The standard InChI is InChI=1S/C22H27NO2/c1-25-20-10-11-21-17(14-20)12-13-23-22(21,18-4-2-3-5-18)15-16-6-8-19(24)9-7-16/h6-11,14,18,23-24H,2-5,12-13,15H2,1H3. The van der Waals surface area contributed by atoms with Gasteiger partial charge in [-0.2, -0.15) is 0 Å². The normalized spacial score (nSPS) is 23.4. The lowest BCUT2D eigenvalue weighted by Crippen LogP contribution is -2.53. The van der Waals surface area contributed by atoms with Crippen LogP contribution < -0.4 is 10.1 Å². The van der Waals surface area contributed by atoms with E-state index < -0.39 is 0 Å². The molecule has 2 aromatic carbocycles. The molecule has 0 spiro atoms. The summed E-state index contributed by atoms with van der Waals surface area (Å²) in [4.78, 5) is 0. The lowest BCUT2D eigenvalue weighted by Gasteiger charge is -2.45. The predicted molar refractivity (Wildman–Crippen MR) is 100 cm³/mol. The van der Waals surface area contributed by atoms with Crippen LogP contribution in [0.3, 0.4) is 0 Å². The van der Waals surface area contributed by atoms with Gasteiger partial charge >= 0.3 is 0 Å². The van der Waals surface area contributed by atoms with Crippen molar-refractivity contribution in [1.82, 2.24) is 5.32 Å². The first kappa shape index (κ1) is 16.5. The van der Waals surface area contributed by atoms with Crippen LogP contribution >= 0.6 is 0 Å². The number of nitrogens with one attached hydrogen (secondary N) is 1. The van der Waals surface area contributed by atoms with Crippen LogP contribution in [-0.4, -0.2) is 18.8 Å². The molecule has 3 heteroatoms. The van der Waals surface area contributed by atoms with E-state index in [2.05, 4.69) is 35.6 Å². The molecule has 1 aliphatic carbocycles. The predicted octanol–water partition coefficient (Wildman–Crippen LogP) is 4.17. The minimum Gasteiger partial charge on any atom is -0.508 e. The molecule has 1 atom stereocenters. The fourth-order valence-corrected chi connectivity index (χ4v) is 4.88. The molecule has 4 rings (SSSR count). The highest BCUT2D eigenvalue weighted by Crippen LogP contribution is 2.46. The summed E-state index contributed by atoms with van der Waals surface area (Å²) in [6, 6.07) is 14.3. The van der Waals surface area contributed by atoms with Crippen LogP contribution in [-0.2, 0) is 18.4 Å². The molecule has 2 aromatic rings. The van der Waals surface area contributed by atoms with Crippen LogP contribution in [0.2, 0.25) is 0 Å². The first-order valence-corrected chi connectivity index (χ1v) is 9.41. The zero-order valence-electron chi connectivity index (χ0n) is 14.9. The van der Waals surface area contributed by atoms with E-state index in [0.717, 1.165) is 25.1 Å². The number of methoxy groups -OCH3 is 1. The summed E-state index contributed by atoms with van der Waals surface area (Å²) in [7, 11) is 1.74. The first-order chi connectivity index (χ1) is 12.2. The van der Waals surface area contributed by atoms with Crippen molar-refractivity contribution in [2.24, 2.45) is 5.92 Å². The van der Waals surface area contributed by atoms with Gasteiger partial charge in [-0.05, 0) is 72.6 Å². The van der Waals surface area contributed by atoms with Gasteiger partial charge in [-0.3, -0.25) is 0 Å². The van der Waals surface area contributed by atoms with Crippen molar-refractivity contribution in [1.29, 1.82) is 0 Å². The Morgan fingerprint density at radius 3 is 2.60 bits per heavy atom. The number of benzene rings is 2. The Balaban J connectivity index is 1.78. The summed E-state index contributed by atoms with van der Waals surface area (Å²) in [5, 5.41) is 13.6. The van der Waals surface area contributed by atoms with E-state index in [-0.39, 0.29) is 5.54 Å². The van der Waals surface area contributed by atoms with Gasteiger partial charge in [-0.1, -0.05) is 31.0 Å². The van der Waals surface area contributed by atoms with Crippen molar-refractivity contribution in [2.45, 2.75) is 44.1 Å². The van der Waals surface area contributed by atoms with Gasteiger partial charge in [0.1, 0.15) is 11.5 Å². The summed E-state index contributed by atoms with van der Waals surface area (Å²) in [6.45, 7) is 1.01. The topological polar surface area (TPSA) is 41.5 Å². The van der Waals surface area contributed by atoms with E-state index in [9.17, 15) is 5.11 Å². The summed E-state index contributed by atoms with van der Waals surface area (Å²) in [6.07, 6.45) is 7.26. The Morgan fingerprint density at radius 2 is 1.88 bits per heavy atom. The highest BCUT2D eigenvalue weighted by molar-refractivity contribution is 5.44. The zero-order chi connectivity index (χ0) is 17.3. The number of phenols is 1. The number of ether oxygens (including phenoxy) is 1. The van der Waals surface area contributed by atoms with Gasteiger partial charge in [-0.25, -0.2) is 0 Å². The molecule has 1 heterocycles. The first-order valence-electron chi connectivity index (χ1n) is 9.41. The molecular weight excluding hydrogens is 310 g/mol. The third-order valence-corrected chi connectivity index (χ3v) is 6.10. The molecular formula is C22H27NO2. The third-order valence-electron chi connectivity index (χ3n) is 6.10. The van der Waals surface area contributed by atoms with Crippen molar-refractivity contribution >= 4 is 0 Å². The van der Waals surface area contributed by atoms with Gasteiger partial charge in [0, 0.05) is 6.54 Å². The lowest BCUT2D eigenvalue weighted by molar-refractivity contribution is 0.197. The van der Waals surface area contributed by atoms with Crippen molar-refractivity contribution in [3.05, 3.63) is 59.2 Å². The number of rotatable bonds is 4. The Hall–Kier alpha value is -2.00. The van der Waals surface area contributed by atoms with Crippen molar-refractivity contribution in [2.75, 3.05) is 13.7 Å². The average Bonchev–Trinajstić information content (AvgIpc) is 3.18. The summed E-state index contributed by atoms with van der Waals surface area (Å²) in [5.41, 5.74) is 4.14. The summed E-state index contributed by atoms with van der Waals surface area (Å²) in [5.74, 6) is 1.94. The quantitative estimate of drug-likeness (QED) is 0.879. The molecule has 132 valence electrons. The Kier molecular flexibility index (Phi) is 4.43. The smallest absolute Gasteiger partial charge is 0.119 e. The maximum absolute atomic E-state index is 9.62. The van der Waals surface area contributed by atoms with Crippen LogP contribution in [0.15, 0.2) is 42.5 Å². The van der Waals surface area contributed by atoms with Gasteiger partial charge in [0.25, 0.3) is 0 Å². The molecule has 0 bridgehead atoms. The minimum atomic E-state index is -0.00662. The number of hydrogen-bond donors (Lipinski definition) is 2. The van der Waals surface area contributed by atoms with Crippen LogP contribution in [0.4, 0.5) is 0 Å². The number of fused-ring (bicyclic) bond motifs is 1. The molecule has 3 nitrogen and oxygen atoms in total. The molecule has 1 fully saturated rings. The van der Waals surface area contributed by atoms with E-state index in [1.54, 1.807) is 19.2 Å². The largest absolute Gasteiger partial charge is 0.508 e. The van der Waals surface area contributed by atoms with Crippen LogP contribution in [0, 0.1) is 5.92 Å². The maximum atomic E-state index is 9.62. The number of hydrogen-bond acceptors (Lipinski definition) is 3. The number of aromatic hydroxyl groups is 1. The van der Waals surface area contributed by atoms with Gasteiger partial charge in [0.15, 0.2) is 0 Å². The molecule has 2 aliphatic rings. The minimum absolute atomic E-state index is 0.00662. The fraction of sp³-hybridized carbons (Fsp3) is 0.455. The SMILES string of the molecule is COc1ccc2c(c1)CCNC2(Cc1ccc(O)cc1)C1CCCC1. The second-order valence-corrected chi connectivity index (χ2v) is 7.50. The monoisotopic (exact) mass is 337 g/mol. The van der Waals surface area contributed by atoms with Crippen LogP contribution in [0.25, 0.3) is 0 Å². The molecule has 1 unspecified atom stereocenters. The van der Waals surface area contributed by atoms with E-state index in [1.165, 1.54) is 42.4 Å². The Morgan fingerprint density at radius 1 is 1.12 bits per heavy atom. The van der Waals surface area contributed by atoms with Gasteiger partial charge < -0.3 is 15.2 Å².